The number of rotatable bonds is 7. The van der Waals surface area contributed by atoms with Crippen LogP contribution in [0.2, 0.25) is 25.1 Å². The molecule has 0 radical (unpaired) electrons. The highest BCUT2D eigenvalue weighted by atomic mass is 35.5. The Morgan fingerprint density at radius 2 is 1.42 bits per heavy atom. The molecule has 36 heavy (non-hydrogen) atoms. The molecule has 6 nitrogen and oxygen atoms in total. The highest BCUT2D eigenvalue weighted by Crippen LogP contribution is 2.42. The van der Waals surface area contributed by atoms with Crippen LogP contribution in [-0.2, 0) is 4.79 Å². The Morgan fingerprint density at radius 3 is 2.00 bits per heavy atom. The SMILES string of the molecule is Cc1c(Cl)cccc1NC(=O)C(C)Sc1ccc(NC(=O)c2c(Cl)c(Cl)c(Cl)c(Cl)c2C(=O)O)cc1. The van der Waals surface area contributed by atoms with Gasteiger partial charge in [0.2, 0.25) is 5.91 Å². The molecule has 1 atom stereocenters. The molecule has 3 N–H and O–H groups in total. The Balaban J connectivity index is 1.72. The number of hydrogen-bond acceptors (Lipinski definition) is 4. The number of carbonyl (C=O) groups excluding carboxylic acids is 2. The first-order valence-corrected chi connectivity index (χ1v) is 12.9. The summed E-state index contributed by atoms with van der Waals surface area (Å²) in [6.45, 7) is 3.58. The van der Waals surface area contributed by atoms with Gasteiger partial charge in [-0.2, -0.15) is 0 Å². The average molecular weight is 607 g/mol. The Bertz CT molecular complexity index is 1370. The summed E-state index contributed by atoms with van der Waals surface area (Å²) in [6, 6.07) is 11.9. The zero-order valence-corrected chi connectivity index (χ0v) is 23.2. The number of halogens is 5. The van der Waals surface area contributed by atoms with E-state index in [0.717, 1.165) is 10.5 Å². The molecule has 0 aliphatic rings. The van der Waals surface area contributed by atoms with Crippen molar-refractivity contribution in [2.75, 3.05) is 10.6 Å². The lowest BCUT2D eigenvalue weighted by Crippen LogP contribution is -2.22. The third-order valence-electron chi connectivity index (χ3n) is 5.03. The molecular formula is C24H17Cl5N2O4S. The predicted octanol–water partition coefficient (Wildman–Crippen LogP) is 8.33. The van der Waals surface area contributed by atoms with Gasteiger partial charge >= 0.3 is 5.97 Å². The fraction of sp³-hybridized carbons (Fsp3) is 0.125. The topological polar surface area (TPSA) is 95.5 Å². The van der Waals surface area contributed by atoms with Gasteiger partial charge in [0.15, 0.2) is 0 Å². The number of anilines is 2. The van der Waals surface area contributed by atoms with Crippen molar-refractivity contribution in [3.8, 4) is 0 Å². The summed E-state index contributed by atoms with van der Waals surface area (Å²) in [4.78, 5) is 38.0. The summed E-state index contributed by atoms with van der Waals surface area (Å²) < 4.78 is 0. The zero-order chi connectivity index (χ0) is 26.7. The smallest absolute Gasteiger partial charge is 0.338 e. The van der Waals surface area contributed by atoms with Gasteiger partial charge in [-0.25, -0.2) is 4.79 Å². The van der Waals surface area contributed by atoms with Crippen LogP contribution in [0.25, 0.3) is 0 Å². The van der Waals surface area contributed by atoms with Crippen LogP contribution in [-0.4, -0.2) is 28.1 Å². The summed E-state index contributed by atoms with van der Waals surface area (Å²) >= 11 is 31.5. The molecular weight excluding hydrogens is 590 g/mol. The van der Waals surface area contributed by atoms with E-state index in [0.29, 0.717) is 16.4 Å². The Kier molecular flexibility index (Phi) is 9.44. The van der Waals surface area contributed by atoms with E-state index in [2.05, 4.69) is 10.6 Å². The van der Waals surface area contributed by atoms with Crippen LogP contribution < -0.4 is 10.6 Å². The molecule has 12 heteroatoms. The molecule has 0 aliphatic heterocycles. The van der Waals surface area contributed by atoms with Gasteiger partial charge in [-0.15, -0.1) is 11.8 Å². The van der Waals surface area contributed by atoms with Crippen molar-refractivity contribution in [2.45, 2.75) is 24.0 Å². The van der Waals surface area contributed by atoms with Gasteiger partial charge in [-0.1, -0.05) is 64.1 Å². The standard InChI is InChI=1S/C24H17Cl5N2O4S/c1-10-14(25)4-3-5-15(10)31-22(32)11(2)36-13-8-6-12(7-9-13)30-23(33)16-17(24(34)35)19(27)21(29)20(28)18(16)26/h3-9,11H,1-2H3,(H,30,33)(H,31,32)(H,34,35). The summed E-state index contributed by atoms with van der Waals surface area (Å²) in [5, 5.41) is 13.9. The lowest BCUT2D eigenvalue weighted by Gasteiger charge is -2.15. The van der Waals surface area contributed by atoms with Gasteiger partial charge in [-0.3, -0.25) is 9.59 Å². The summed E-state index contributed by atoms with van der Waals surface area (Å²) in [6.07, 6.45) is 0. The summed E-state index contributed by atoms with van der Waals surface area (Å²) in [7, 11) is 0. The van der Waals surface area contributed by atoms with Crippen molar-refractivity contribution < 1.29 is 19.5 Å². The van der Waals surface area contributed by atoms with Gasteiger partial charge in [0, 0.05) is 21.3 Å². The highest BCUT2D eigenvalue weighted by Gasteiger charge is 2.29. The van der Waals surface area contributed by atoms with Crippen molar-refractivity contribution >= 4 is 98.9 Å². The van der Waals surface area contributed by atoms with E-state index in [4.69, 9.17) is 58.0 Å². The Hall–Kier alpha value is -2.13. The molecule has 2 amide bonds. The first-order valence-electron chi connectivity index (χ1n) is 10.2. The Morgan fingerprint density at radius 1 is 0.833 bits per heavy atom. The van der Waals surface area contributed by atoms with E-state index in [1.54, 1.807) is 49.4 Å². The lowest BCUT2D eigenvalue weighted by molar-refractivity contribution is -0.115. The van der Waals surface area contributed by atoms with E-state index >= 15 is 0 Å². The maximum absolute atomic E-state index is 12.9. The Labute approximate surface area is 236 Å². The molecule has 3 aromatic rings. The number of carboxylic acids is 1. The molecule has 3 aromatic carbocycles. The normalized spacial score (nSPS) is 11.6. The van der Waals surface area contributed by atoms with Crippen LogP contribution in [0, 0.1) is 6.92 Å². The van der Waals surface area contributed by atoms with Gasteiger partial charge < -0.3 is 15.7 Å². The number of amides is 2. The van der Waals surface area contributed by atoms with E-state index in [-0.39, 0.29) is 21.0 Å². The molecule has 0 spiro atoms. The van der Waals surface area contributed by atoms with Crippen LogP contribution in [0.4, 0.5) is 11.4 Å². The third kappa shape index (κ3) is 6.22. The van der Waals surface area contributed by atoms with Crippen molar-refractivity contribution in [2.24, 2.45) is 0 Å². The number of nitrogens with one attached hydrogen (secondary N) is 2. The van der Waals surface area contributed by atoms with Crippen molar-refractivity contribution in [3.63, 3.8) is 0 Å². The fourth-order valence-corrected chi connectivity index (χ4v) is 5.15. The molecule has 0 saturated heterocycles. The van der Waals surface area contributed by atoms with E-state index in [1.807, 2.05) is 6.92 Å². The maximum atomic E-state index is 12.9. The lowest BCUT2D eigenvalue weighted by atomic mass is 10.1. The van der Waals surface area contributed by atoms with Crippen LogP contribution in [0.5, 0.6) is 0 Å². The monoisotopic (exact) mass is 604 g/mol. The van der Waals surface area contributed by atoms with E-state index < -0.39 is 33.3 Å². The average Bonchev–Trinajstić information content (AvgIpc) is 2.83. The minimum atomic E-state index is -1.49. The quantitative estimate of drug-likeness (QED) is 0.143. The van der Waals surface area contributed by atoms with Gasteiger partial charge in [-0.05, 0) is 55.8 Å². The highest BCUT2D eigenvalue weighted by molar-refractivity contribution is 8.00. The molecule has 0 heterocycles. The van der Waals surface area contributed by atoms with Crippen molar-refractivity contribution in [1.82, 2.24) is 0 Å². The zero-order valence-electron chi connectivity index (χ0n) is 18.6. The summed E-state index contributed by atoms with van der Waals surface area (Å²) in [5.41, 5.74) is 0.795. The molecule has 0 aliphatic carbocycles. The second-order valence-electron chi connectivity index (χ2n) is 7.45. The largest absolute Gasteiger partial charge is 0.478 e. The van der Waals surface area contributed by atoms with Gasteiger partial charge in [0.1, 0.15) is 0 Å². The molecule has 188 valence electrons. The maximum Gasteiger partial charge on any atom is 0.338 e. The second-order valence-corrected chi connectivity index (χ2v) is 10.8. The van der Waals surface area contributed by atoms with E-state index in [1.165, 1.54) is 11.8 Å². The van der Waals surface area contributed by atoms with Gasteiger partial charge in [0.05, 0.1) is 36.5 Å². The first-order chi connectivity index (χ1) is 16.9. The van der Waals surface area contributed by atoms with E-state index in [9.17, 15) is 19.5 Å². The molecule has 1 unspecified atom stereocenters. The van der Waals surface area contributed by atoms with Crippen LogP contribution in [0.15, 0.2) is 47.4 Å². The molecule has 0 bridgehead atoms. The molecule has 0 fully saturated rings. The molecule has 0 saturated carbocycles. The first kappa shape index (κ1) is 28.4. The minimum Gasteiger partial charge on any atom is -0.478 e. The number of hydrogen-bond donors (Lipinski definition) is 3. The number of aromatic carboxylic acids is 1. The van der Waals surface area contributed by atoms with Crippen LogP contribution in [0.3, 0.4) is 0 Å². The minimum absolute atomic E-state index is 0.199. The summed E-state index contributed by atoms with van der Waals surface area (Å²) in [5.74, 6) is -2.52. The van der Waals surface area contributed by atoms with Crippen LogP contribution in [0.1, 0.15) is 33.2 Å². The van der Waals surface area contributed by atoms with Crippen molar-refractivity contribution in [3.05, 3.63) is 84.3 Å². The fourth-order valence-electron chi connectivity index (χ4n) is 3.09. The van der Waals surface area contributed by atoms with Crippen molar-refractivity contribution in [1.29, 1.82) is 0 Å². The third-order valence-corrected chi connectivity index (χ3v) is 8.35. The number of carboxylic acid groups (broad SMARTS) is 1. The number of benzene rings is 3. The molecule has 0 aromatic heterocycles. The van der Waals surface area contributed by atoms with Gasteiger partial charge in [0.25, 0.3) is 5.91 Å². The van der Waals surface area contributed by atoms with Crippen LogP contribution >= 0.6 is 69.8 Å². The number of carbonyl (C=O) groups is 3. The number of thioether (sulfide) groups is 1. The molecule has 3 rings (SSSR count). The predicted molar refractivity (Wildman–Crippen MR) is 148 cm³/mol. The second kappa shape index (κ2) is 11.9.